The topological polar surface area (TPSA) is 40.8 Å². The molecule has 178 valence electrons. The quantitative estimate of drug-likeness (QED) is 0.224. The summed E-state index contributed by atoms with van der Waals surface area (Å²) in [5.41, 5.74) is 11.9. The maximum Gasteiger partial charge on any atom is 0.224 e. The number of fused-ring (bicyclic) bond motifs is 8. The number of furan rings is 1. The van der Waals surface area contributed by atoms with Gasteiger partial charge in [0.05, 0.1) is 10.9 Å². The van der Waals surface area contributed by atoms with Gasteiger partial charge in [-0.1, -0.05) is 62.4 Å². The lowest BCUT2D eigenvalue weighted by Gasteiger charge is -2.23. The molecule has 37 heavy (non-hydrogen) atoms. The van der Waals surface area contributed by atoms with E-state index in [4.69, 9.17) is 4.42 Å². The van der Waals surface area contributed by atoms with Crippen LogP contribution in [0.3, 0.4) is 0 Å². The number of nitriles is 1. The Kier molecular flexibility index (Phi) is 4.31. The highest BCUT2D eigenvalue weighted by atomic mass is 16.3. The van der Waals surface area contributed by atoms with Gasteiger partial charge in [0, 0.05) is 21.6 Å². The molecule has 0 N–H and O–H groups in total. The van der Waals surface area contributed by atoms with Crippen LogP contribution in [0.15, 0.2) is 77.3 Å². The van der Waals surface area contributed by atoms with Crippen LogP contribution in [0.2, 0.25) is 0 Å². The Bertz CT molecular complexity index is 2000. The molecule has 2 heterocycles. The summed E-state index contributed by atoms with van der Waals surface area (Å²) in [4.78, 5) is 0. The maximum absolute atomic E-state index is 10.3. The number of rotatable bonds is 1. The standard InChI is InChI=1S/C34H27N2O/c1-19-16-26-23-11-7-9-13-28(23)37-33(26)29(20(19)2)32-25-15-14-24-22-10-6-8-12-27(22)34(3,4)31(24)30(25)21(17-35)18-36(32)5/h6-16,18H,1-5H3/q+1. The summed E-state index contributed by atoms with van der Waals surface area (Å²) in [5.74, 6) is 0. The molecule has 0 radical (unpaired) electrons. The fourth-order valence-electron chi connectivity index (χ4n) is 6.63. The summed E-state index contributed by atoms with van der Waals surface area (Å²) in [6.07, 6.45) is 1.99. The van der Waals surface area contributed by atoms with Crippen molar-refractivity contribution in [2.24, 2.45) is 7.05 Å². The lowest BCUT2D eigenvalue weighted by molar-refractivity contribution is -0.659. The Morgan fingerprint density at radius 2 is 1.62 bits per heavy atom. The number of para-hydroxylation sites is 1. The molecule has 1 aliphatic rings. The van der Waals surface area contributed by atoms with E-state index in [1.165, 1.54) is 33.4 Å². The minimum atomic E-state index is -0.218. The Hall–Kier alpha value is -4.42. The van der Waals surface area contributed by atoms with Gasteiger partial charge in [-0.25, -0.2) is 0 Å². The van der Waals surface area contributed by atoms with Gasteiger partial charge in [-0.2, -0.15) is 9.83 Å². The minimum Gasteiger partial charge on any atom is -0.455 e. The highest BCUT2D eigenvalue weighted by molar-refractivity contribution is 6.13. The molecule has 6 aromatic rings. The Morgan fingerprint density at radius 3 is 2.43 bits per heavy atom. The molecule has 7 rings (SSSR count). The predicted molar refractivity (Wildman–Crippen MR) is 150 cm³/mol. The third kappa shape index (κ3) is 2.73. The van der Waals surface area contributed by atoms with E-state index in [1.807, 2.05) is 25.4 Å². The Balaban J connectivity index is 1.68. The summed E-state index contributed by atoms with van der Waals surface area (Å²) in [6, 6.07) is 26.1. The van der Waals surface area contributed by atoms with Crippen LogP contribution < -0.4 is 4.57 Å². The lowest BCUT2D eigenvalue weighted by Crippen LogP contribution is -2.32. The number of aromatic nitrogens is 1. The number of nitrogens with zero attached hydrogens (tertiary/aromatic N) is 2. The van der Waals surface area contributed by atoms with Crippen LogP contribution in [0.5, 0.6) is 0 Å². The van der Waals surface area contributed by atoms with Crippen molar-refractivity contribution in [3.05, 3.63) is 101 Å². The van der Waals surface area contributed by atoms with Gasteiger partial charge in [0.1, 0.15) is 29.8 Å². The van der Waals surface area contributed by atoms with Gasteiger partial charge in [-0.3, -0.25) is 0 Å². The molecule has 0 fully saturated rings. The second-order valence-corrected chi connectivity index (χ2v) is 10.9. The molecule has 0 saturated carbocycles. The normalized spacial score (nSPS) is 13.7. The summed E-state index contributed by atoms with van der Waals surface area (Å²) in [5, 5.41) is 14.7. The van der Waals surface area contributed by atoms with Gasteiger partial charge in [0.15, 0.2) is 6.20 Å². The zero-order valence-corrected chi connectivity index (χ0v) is 21.7. The molecule has 0 unspecified atom stereocenters. The van der Waals surface area contributed by atoms with E-state index < -0.39 is 0 Å². The highest BCUT2D eigenvalue weighted by Gasteiger charge is 2.39. The van der Waals surface area contributed by atoms with Gasteiger partial charge >= 0.3 is 0 Å². The molecule has 0 atom stereocenters. The van der Waals surface area contributed by atoms with E-state index in [9.17, 15) is 5.26 Å². The third-order valence-corrected chi connectivity index (χ3v) is 8.47. The van der Waals surface area contributed by atoms with Gasteiger partial charge < -0.3 is 4.42 Å². The minimum absolute atomic E-state index is 0.218. The molecular formula is C34H27N2O+. The van der Waals surface area contributed by atoms with E-state index in [1.54, 1.807) is 0 Å². The van der Waals surface area contributed by atoms with Crippen molar-refractivity contribution in [1.82, 2.24) is 0 Å². The Morgan fingerprint density at radius 1 is 0.865 bits per heavy atom. The van der Waals surface area contributed by atoms with Crippen molar-refractivity contribution in [3.63, 3.8) is 0 Å². The van der Waals surface area contributed by atoms with Gasteiger partial charge in [0.25, 0.3) is 0 Å². The summed E-state index contributed by atoms with van der Waals surface area (Å²) in [6.45, 7) is 8.90. The summed E-state index contributed by atoms with van der Waals surface area (Å²) < 4.78 is 8.65. The maximum atomic E-state index is 10.3. The average Bonchev–Trinajstić information content (AvgIpc) is 3.37. The number of pyridine rings is 1. The third-order valence-electron chi connectivity index (χ3n) is 8.47. The summed E-state index contributed by atoms with van der Waals surface area (Å²) >= 11 is 0. The molecule has 0 saturated heterocycles. The second-order valence-electron chi connectivity index (χ2n) is 10.9. The second kappa shape index (κ2) is 7.31. The molecule has 3 heteroatoms. The van der Waals surface area contributed by atoms with E-state index in [0.717, 1.165) is 44.0 Å². The SMILES string of the molecule is Cc1cc2c(oc3ccccc32)c(-c2c3ccc4c(c3c(C#N)c[n+]2C)C(C)(C)c2ccccc2-4)c1C. The number of hydrogen-bond donors (Lipinski definition) is 0. The van der Waals surface area contributed by atoms with Crippen molar-refractivity contribution >= 4 is 32.7 Å². The smallest absolute Gasteiger partial charge is 0.224 e. The highest BCUT2D eigenvalue weighted by Crippen LogP contribution is 2.52. The van der Waals surface area contributed by atoms with E-state index in [-0.39, 0.29) is 5.41 Å². The zero-order valence-electron chi connectivity index (χ0n) is 21.7. The molecule has 0 aliphatic heterocycles. The van der Waals surface area contributed by atoms with E-state index in [2.05, 4.69) is 92.9 Å². The number of aryl methyl sites for hydroxylation is 2. The van der Waals surface area contributed by atoms with Gasteiger partial charge in [-0.05, 0) is 65.4 Å². The van der Waals surface area contributed by atoms with Crippen LogP contribution in [-0.4, -0.2) is 0 Å². The first-order chi connectivity index (χ1) is 17.8. The summed E-state index contributed by atoms with van der Waals surface area (Å²) in [7, 11) is 2.04. The van der Waals surface area contributed by atoms with Crippen molar-refractivity contribution < 1.29 is 8.98 Å². The van der Waals surface area contributed by atoms with Crippen LogP contribution in [0.4, 0.5) is 0 Å². The van der Waals surface area contributed by atoms with Gasteiger partial charge in [-0.15, -0.1) is 0 Å². The fourth-order valence-corrected chi connectivity index (χ4v) is 6.63. The number of benzene rings is 4. The van der Waals surface area contributed by atoms with E-state index in [0.29, 0.717) is 5.56 Å². The van der Waals surface area contributed by atoms with Gasteiger partial charge in [0.2, 0.25) is 5.69 Å². The van der Waals surface area contributed by atoms with Crippen LogP contribution in [-0.2, 0) is 12.5 Å². The van der Waals surface area contributed by atoms with Crippen molar-refractivity contribution in [2.45, 2.75) is 33.1 Å². The first kappa shape index (κ1) is 21.8. The molecule has 0 amide bonds. The van der Waals surface area contributed by atoms with Crippen LogP contribution in [0.1, 0.15) is 41.7 Å². The lowest BCUT2D eigenvalue weighted by atomic mass is 9.79. The predicted octanol–water partition coefficient (Wildman–Crippen LogP) is 8.03. The largest absolute Gasteiger partial charge is 0.455 e. The Labute approximate surface area is 216 Å². The molecule has 0 spiro atoms. The van der Waals surface area contributed by atoms with Crippen LogP contribution in [0, 0.1) is 25.2 Å². The zero-order chi connectivity index (χ0) is 25.6. The fraction of sp³-hybridized carbons (Fsp3) is 0.176. The molecule has 1 aliphatic carbocycles. The van der Waals surface area contributed by atoms with Crippen LogP contribution in [0.25, 0.3) is 55.1 Å². The van der Waals surface area contributed by atoms with Crippen LogP contribution >= 0.6 is 0 Å². The molecule has 4 aromatic carbocycles. The first-order valence-electron chi connectivity index (χ1n) is 12.7. The van der Waals surface area contributed by atoms with Crippen molar-refractivity contribution in [2.75, 3.05) is 0 Å². The van der Waals surface area contributed by atoms with Crippen molar-refractivity contribution in [1.29, 1.82) is 5.26 Å². The number of hydrogen-bond acceptors (Lipinski definition) is 2. The molecular weight excluding hydrogens is 452 g/mol. The van der Waals surface area contributed by atoms with E-state index >= 15 is 0 Å². The molecule has 2 aromatic heterocycles. The first-order valence-corrected chi connectivity index (χ1v) is 12.7. The molecule has 3 nitrogen and oxygen atoms in total. The molecule has 0 bridgehead atoms. The van der Waals surface area contributed by atoms with Crippen molar-refractivity contribution in [3.8, 4) is 28.5 Å². The monoisotopic (exact) mass is 479 g/mol. The average molecular weight is 480 g/mol.